The molecule has 8 nitrogen and oxygen atoms in total. The molecule has 0 spiro atoms. The monoisotopic (exact) mass is 323 g/mol. The first-order valence-electron chi connectivity index (χ1n) is 8.19. The molecule has 3 aliphatic rings. The molecule has 8 heteroatoms. The minimum Gasteiger partial charge on any atom is -0.376 e. The van der Waals surface area contributed by atoms with Gasteiger partial charge in [0.1, 0.15) is 12.1 Å². The predicted molar refractivity (Wildman–Crippen MR) is 86.8 cm³/mol. The van der Waals surface area contributed by atoms with E-state index in [-0.39, 0.29) is 5.54 Å². The zero-order chi connectivity index (χ0) is 16.0. The highest BCUT2D eigenvalue weighted by Gasteiger charge is 2.41. The van der Waals surface area contributed by atoms with E-state index in [1.54, 1.807) is 35.7 Å². The fraction of sp³-hybridized carbons (Fsp3) is 0.438. The Bertz CT molecular complexity index is 857. The van der Waals surface area contributed by atoms with Crippen LogP contribution in [-0.4, -0.2) is 48.0 Å². The zero-order valence-electron chi connectivity index (χ0n) is 13.1. The standard InChI is InChI=1S/C16H17N7O/c1-6-17-15(18-7-1)23-14-12(8-21-23)13(19-10-20-14)22-16-4-2-11(3-5-16)24-9-16/h1,6-8,10-11H,2-5,9H2,(H,19,20,22). The second kappa shape index (κ2) is 5.20. The smallest absolute Gasteiger partial charge is 0.252 e. The fourth-order valence-corrected chi connectivity index (χ4v) is 3.64. The summed E-state index contributed by atoms with van der Waals surface area (Å²) in [5.74, 6) is 1.29. The van der Waals surface area contributed by atoms with Gasteiger partial charge in [-0.3, -0.25) is 0 Å². The van der Waals surface area contributed by atoms with Gasteiger partial charge in [-0.2, -0.15) is 9.78 Å². The molecule has 1 aliphatic carbocycles. The van der Waals surface area contributed by atoms with Crippen LogP contribution in [0.2, 0.25) is 0 Å². The Morgan fingerprint density at radius 2 is 1.96 bits per heavy atom. The van der Waals surface area contributed by atoms with Crippen molar-refractivity contribution in [1.29, 1.82) is 0 Å². The lowest BCUT2D eigenvalue weighted by atomic mass is 9.78. The van der Waals surface area contributed by atoms with E-state index in [0.717, 1.165) is 43.5 Å². The molecule has 2 aliphatic heterocycles. The second-order valence-corrected chi connectivity index (χ2v) is 6.48. The summed E-state index contributed by atoms with van der Waals surface area (Å²) in [5.41, 5.74) is 0.669. The Balaban J connectivity index is 1.54. The lowest BCUT2D eigenvalue weighted by molar-refractivity contribution is -0.0673. The number of fused-ring (bicyclic) bond motifs is 4. The molecule has 3 aromatic rings. The van der Waals surface area contributed by atoms with Crippen LogP contribution in [-0.2, 0) is 4.74 Å². The molecule has 5 heterocycles. The van der Waals surface area contributed by atoms with Crippen molar-refractivity contribution in [2.45, 2.75) is 37.3 Å². The number of ether oxygens (including phenoxy) is 1. The molecule has 0 radical (unpaired) electrons. The van der Waals surface area contributed by atoms with Crippen molar-refractivity contribution in [2.24, 2.45) is 0 Å². The van der Waals surface area contributed by atoms with Crippen molar-refractivity contribution in [1.82, 2.24) is 29.7 Å². The van der Waals surface area contributed by atoms with Crippen LogP contribution in [0, 0.1) is 0 Å². The molecule has 2 saturated heterocycles. The van der Waals surface area contributed by atoms with E-state index in [2.05, 4.69) is 30.4 Å². The molecule has 3 aromatic heterocycles. The molecular weight excluding hydrogens is 306 g/mol. The summed E-state index contributed by atoms with van der Waals surface area (Å²) in [7, 11) is 0. The molecule has 6 rings (SSSR count). The van der Waals surface area contributed by atoms with E-state index in [1.165, 1.54) is 0 Å². The van der Waals surface area contributed by atoms with E-state index >= 15 is 0 Å². The van der Waals surface area contributed by atoms with Gasteiger partial charge in [0.25, 0.3) is 5.95 Å². The maximum Gasteiger partial charge on any atom is 0.252 e. The zero-order valence-corrected chi connectivity index (χ0v) is 13.1. The molecule has 0 aromatic carbocycles. The van der Waals surface area contributed by atoms with Gasteiger partial charge in [-0.25, -0.2) is 19.9 Å². The Kier molecular flexibility index (Phi) is 2.99. The summed E-state index contributed by atoms with van der Waals surface area (Å²) in [6.45, 7) is 0.735. The largest absolute Gasteiger partial charge is 0.376 e. The van der Waals surface area contributed by atoms with Gasteiger partial charge in [-0.1, -0.05) is 0 Å². The van der Waals surface area contributed by atoms with E-state index in [9.17, 15) is 0 Å². The average molecular weight is 323 g/mol. The molecular formula is C16H17N7O. The summed E-state index contributed by atoms with van der Waals surface area (Å²) in [6, 6.07) is 1.77. The van der Waals surface area contributed by atoms with Crippen molar-refractivity contribution in [3.8, 4) is 5.95 Å². The third kappa shape index (κ3) is 2.14. The minimum atomic E-state index is -0.0264. The first kappa shape index (κ1) is 13.8. The van der Waals surface area contributed by atoms with Crippen LogP contribution in [0.25, 0.3) is 17.0 Å². The SMILES string of the molecule is c1cnc(-n2ncc3c(NC45CCC(CC4)OC5)ncnc32)nc1. The lowest BCUT2D eigenvalue weighted by Crippen LogP contribution is -2.53. The maximum atomic E-state index is 5.89. The summed E-state index contributed by atoms with van der Waals surface area (Å²) >= 11 is 0. The van der Waals surface area contributed by atoms with Gasteiger partial charge in [-0.05, 0) is 31.7 Å². The Morgan fingerprint density at radius 3 is 2.71 bits per heavy atom. The van der Waals surface area contributed by atoms with Crippen molar-refractivity contribution in [3.63, 3.8) is 0 Å². The highest BCUT2D eigenvalue weighted by molar-refractivity contribution is 5.87. The Morgan fingerprint density at radius 1 is 1.12 bits per heavy atom. The van der Waals surface area contributed by atoms with Crippen molar-refractivity contribution >= 4 is 16.9 Å². The van der Waals surface area contributed by atoms with Crippen LogP contribution in [0.1, 0.15) is 25.7 Å². The third-order valence-corrected chi connectivity index (χ3v) is 4.98. The number of aromatic nitrogens is 6. The summed E-state index contributed by atoms with van der Waals surface area (Å²) in [6.07, 6.45) is 11.6. The number of hydrogen-bond acceptors (Lipinski definition) is 7. The van der Waals surface area contributed by atoms with Crippen LogP contribution in [0.15, 0.2) is 31.0 Å². The molecule has 3 fully saturated rings. The van der Waals surface area contributed by atoms with Crippen LogP contribution in [0.5, 0.6) is 0 Å². The maximum absolute atomic E-state index is 5.89. The summed E-state index contributed by atoms with van der Waals surface area (Å²) in [5, 5.41) is 8.88. The van der Waals surface area contributed by atoms with Crippen LogP contribution < -0.4 is 5.32 Å². The summed E-state index contributed by atoms with van der Waals surface area (Å²) < 4.78 is 7.53. The molecule has 122 valence electrons. The van der Waals surface area contributed by atoms with Crippen LogP contribution >= 0.6 is 0 Å². The van der Waals surface area contributed by atoms with Gasteiger partial charge < -0.3 is 10.1 Å². The third-order valence-electron chi connectivity index (χ3n) is 4.98. The average Bonchev–Trinajstić information content (AvgIpc) is 3.09. The molecule has 1 saturated carbocycles. The van der Waals surface area contributed by atoms with Gasteiger partial charge in [0.15, 0.2) is 5.65 Å². The molecule has 0 unspecified atom stereocenters. The predicted octanol–water partition coefficient (Wildman–Crippen LogP) is 1.73. The number of nitrogens with zero attached hydrogens (tertiary/aromatic N) is 6. The normalized spacial score (nSPS) is 25.9. The topological polar surface area (TPSA) is 90.6 Å². The van der Waals surface area contributed by atoms with E-state index in [1.807, 2.05) is 0 Å². The van der Waals surface area contributed by atoms with Gasteiger partial charge >= 0.3 is 0 Å². The highest BCUT2D eigenvalue weighted by atomic mass is 16.5. The Labute approximate surface area is 138 Å². The summed E-state index contributed by atoms with van der Waals surface area (Å²) in [4.78, 5) is 17.3. The quantitative estimate of drug-likeness (QED) is 0.785. The molecule has 0 amide bonds. The second-order valence-electron chi connectivity index (χ2n) is 6.48. The molecule has 0 atom stereocenters. The van der Waals surface area contributed by atoms with Gasteiger partial charge in [0.05, 0.1) is 29.8 Å². The molecule has 2 bridgehead atoms. The number of nitrogens with one attached hydrogen (secondary N) is 1. The number of anilines is 1. The van der Waals surface area contributed by atoms with Gasteiger partial charge in [0.2, 0.25) is 0 Å². The molecule has 24 heavy (non-hydrogen) atoms. The van der Waals surface area contributed by atoms with Gasteiger partial charge in [-0.15, -0.1) is 0 Å². The Hall–Kier alpha value is -2.61. The fourth-order valence-electron chi connectivity index (χ4n) is 3.64. The first-order valence-corrected chi connectivity index (χ1v) is 8.19. The number of rotatable bonds is 3. The minimum absolute atomic E-state index is 0.0264. The van der Waals surface area contributed by atoms with Crippen LogP contribution in [0.4, 0.5) is 5.82 Å². The van der Waals surface area contributed by atoms with E-state index in [0.29, 0.717) is 17.7 Å². The van der Waals surface area contributed by atoms with E-state index in [4.69, 9.17) is 4.74 Å². The van der Waals surface area contributed by atoms with Crippen molar-refractivity contribution < 1.29 is 4.74 Å². The lowest BCUT2D eigenvalue weighted by Gasteiger charge is -2.46. The van der Waals surface area contributed by atoms with Crippen molar-refractivity contribution in [2.75, 3.05) is 11.9 Å². The molecule has 1 N–H and O–H groups in total. The first-order chi connectivity index (χ1) is 11.8. The van der Waals surface area contributed by atoms with E-state index < -0.39 is 0 Å². The van der Waals surface area contributed by atoms with Gasteiger partial charge in [0, 0.05) is 12.4 Å². The van der Waals surface area contributed by atoms with Crippen molar-refractivity contribution in [3.05, 3.63) is 31.0 Å². The highest BCUT2D eigenvalue weighted by Crippen LogP contribution is 2.39. The number of hydrogen-bond donors (Lipinski definition) is 1. The van der Waals surface area contributed by atoms with Crippen LogP contribution in [0.3, 0.4) is 0 Å².